The lowest BCUT2D eigenvalue weighted by molar-refractivity contribution is -0.386. The predicted molar refractivity (Wildman–Crippen MR) is 117 cm³/mol. The molecule has 0 fully saturated rings. The zero-order valence-electron chi connectivity index (χ0n) is 19.4. The first-order valence-corrected chi connectivity index (χ1v) is 12.9. The molecule has 0 bridgehead atoms. The monoisotopic (exact) mass is 454 g/mol. The second kappa shape index (κ2) is 9.31. The van der Waals surface area contributed by atoms with Gasteiger partial charge in [0.15, 0.2) is 8.32 Å². The van der Waals surface area contributed by atoms with Crippen LogP contribution in [0.3, 0.4) is 0 Å². The fourth-order valence-electron chi connectivity index (χ4n) is 2.57. The Balaban J connectivity index is 2.24. The molecule has 2 heterocycles. The Morgan fingerprint density at radius 2 is 1.94 bits per heavy atom. The maximum atomic E-state index is 13.8. The molecule has 0 N–H and O–H groups in total. The molecule has 0 saturated carbocycles. The van der Waals surface area contributed by atoms with Crippen molar-refractivity contribution in [2.24, 2.45) is 5.92 Å². The number of methoxy groups -OCH3 is 1. The van der Waals surface area contributed by atoms with Crippen molar-refractivity contribution >= 4 is 14.0 Å². The first-order valence-electron chi connectivity index (χ1n) is 9.99. The van der Waals surface area contributed by atoms with Gasteiger partial charge in [-0.25, -0.2) is 14.1 Å². The maximum absolute atomic E-state index is 13.8. The van der Waals surface area contributed by atoms with E-state index in [1.807, 2.05) is 6.92 Å². The molecule has 0 spiro atoms. The van der Waals surface area contributed by atoms with E-state index in [1.54, 1.807) is 0 Å². The van der Waals surface area contributed by atoms with E-state index in [2.05, 4.69) is 43.9 Å². The summed E-state index contributed by atoms with van der Waals surface area (Å²) in [5.74, 6) is -0.686. The number of rotatable bonds is 9. The summed E-state index contributed by atoms with van der Waals surface area (Å²) in [5, 5.41) is 15.9. The second-order valence-corrected chi connectivity index (χ2v) is 13.9. The number of nitrogens with zero attached hydrogens (tertiary/aromatic N) is 4. The first kappa shape index (κ1) is 24.7. The van der Waals surface area contributed by atoms with Crippen LogP contribution in [0.2, 0.25) is 18.1 Å². The van der Waals surface area contributed by atoms with Crippen LogP contribution in [0.4, 0.5) is 10.1 Å². The summed E-state index contributed by atoms with van der Waals surface area (Å²) in [6.45, 7) is 14.9. The first-order chi connectivity index (χ1) is 14.3. The third-order valence-corrected chi connectivity index (χ3v) is 10.00. The van der Waals surface area contributed by atoms with Gasteiger partial charge >= 0.3 is 11.6 Å². The second-order valence-electron chi connectivity index (χ2n) is 9.08. The highest BCUT2D eigenvalue weighted by molar-refractivity contribution is 6.74. The molecule has 2 aromatic rings. The molecule has 0 aromatic carbocycles. The SMILES string of the molecule is COc1ncc(F)cc1-n1nc(OC[C@@H](C)CO[Si](C)(C)C(C)(C)C)c([N+](=O)[O-])c1C. The zero-order valence-corrected chi connectivity index (χ0v) is 20.4. The third-order valence-electron chi connectivity index (χ3n) is 5.50. The normalized spacial score (nSPS) is 13.2. The molecule has 0 aliphatic heterocycles. The van der Waals surface area contributed by atoms with Crippen molar-refractivity contribution in [2.45, 2.75) is 52.8 Å². The van der Waals surface area contributed by atoms with Crippen LogP contribution in [-0.2, 0) is 4.43 Å². The summed E-state index contributed by atoms with van der Waals surface area (Å²) < 4.78 is 32.0. The van der Waals surface area contributed by atoms with Crippen LogP contribution in [0.1, 0.15) is 33.4 Å². The molecule has 11 heteroatoms. The van der Waals surface area contributed by atoms with Crippen LogP contribution in [-0.4, -0.2) is 48.3 Å². The minimum atomic E-state index is -1.91. The Kier molecular flexibility index (Phi) is 7.43. The van der Waals surface area contributed by atoms with Crippen molar-refractivity contribution < 1.29 is 23.2 Å². The van der Waals surface area contributed by atoms with Crippen molar-refractivity contribution in [1.82, 2.24) is 14.8 Å². The van der Waals surface area contributed by atoms with Crippen LogP contribution in [0, 0.1) is 28.8 Å². The van der Waals surface area contributed by atoms with Crippen molar-refractivity contribution in [3.05, 3.63) is 33.9 Å². The highest BCUT2D eigenvalue weighted by atomic mass is 28.4. The van der Waals surface area contributed by atoms with Gasteiger partial charge < -0.3 is 13.9 Å². The molecule has 1 atom stereocenters. The van der Waals surface area contributed by atoms with Gasteiger partial charge in [-0.2, -0.15) is 0 Å². The van der Waals surface area contributed by atoms with Gasteiger partial charge in [0, 0.05) is 18.6 Å². The fourth-order valence-corrected chi connectivity index (χ4v) is 3.71. The number of hydrogen-bond donors (Lipinski definition) is 0. The van der Waals surface area contributed by atoms with Gasteiger partial charge in [0.25, 0.3) is 0 Å². The summed E-state index contributed by atoms with van der Waals surface area (Å²) in [7, 11) is -0.536. The van der Waals surface area contributed by atoms with Gasteiger partial charge in [-0.3, -0.25) is 10.1 Å². The van der Waals surface area contributed by atoms with Crippen molar-refractivity contribution in [1.29, 1.82) is 0 Å². The lowest BCUT2D eigenvalue weighted by Crippen LogP contribution is -2.42. The number of aromatic nitrogens is 3. The highest BCUT2D eigenvalue weighted by Gasteiger charge is 2.37. The topological polar surface area (TPSA) is 102 Å². The average Bonchev–Trinajstić information content (AvgIpc) is 3.00. The van der Waals surface area contributed by atoms with E-state index in [4.69, 9.17) is 13.9 Å². The molecular weight excluding hydrogens is 423 g/mol. The number of ether oxygens (including phenoxy) is 2. The van der Waals surface area contributed by atoms with E-state index in [0.29, 0.717) is 6.61 Å². The van der Waals surface area contributed by atoms with Crippen LogP contribution in [0.15, 0.2) is 12.3 Å². The van der Waals surface area contributed by atoms with Gasteiger partial charge in [-0.1, -0.05) is 27.7 Å². The van der Waals surface area contributed by atoms with Crippen LogP contribution >= 0.6 is 0 Å². The van der Waals surface area contributed by atoms with Crippen molar-refractivity contribution in [3.8, 4) is 17.4 Å². The van der Waals surface area contributed by atoms with Gasteiger partial charge in [0.2, 0.25) is 5.88 Å². The molecule has 172 valence electrons. The molecule has 31 heavy (non-hydrogen) atoms. The maximum Gasteiger partial charge on any atom is 0.353 e. The standard InChI is InChI=1S/C20H31FN4O5Si/c1-13(12-30-31(7,8)20(3,4)5)11-29-19-17(25(26)27)14(2)24(23-19)16-9-15(21)10-22-18(16)28-6/h9-10,13H,11-12H2,1-8H3/t13-/m1/s1. The molecular formula is C20H31FN4O5Si. The Morgan fingerprint density at radius 1 is 1.29 bits per heavy atom. The molecule has 0 amide bonds. The van der Waals surface area contributed by atoms with E-state index in [1.165, 1.54) is 18.7 Å². The van der Waals surface area contributed by atoms with E-state index in [9.17, 15) is 14.5 Å². The molecule has 2 rings (SSSR count). The quantitative estimate of drug-likeness (QED) is 0.308. The largest absolute Gasteiger partial charge is 0.479 e. The van der Waals surface area contributed by atoms with Gasteiger partial charge in [0.1, 0.15) is 17.2 Å². The van der Waals surface area contributed by atoms with E-state index >= 15 is 0 Å². The summed E-state index contributed by atoms with van der Waals surface area (Å²) in [6, 6.07) is 1.15. The molecule has 0 radical (unpaired) electrons. The summed E-state index contributed by atoms with van der Waals surface area (Å²) in [5.41, 5.74) is 0.0342. The Morgan fingerprint density at radius 3 is 2.48 bits per heavy atom. The average molecular weight is 455 g/mol. The third kappa shape index (κ3) is 5.59. The molecule has 0 saturated heterocycles. The Labute approximate surface area is 182 Å². The number of halogens is 1. The predicted octanol–water partition coefficient (Wildman–Crippen LogP) is 4.67. The lowest BCUT2D eigenvalue weighted by atomic mass is 10.2. The van der Waals surface area contributed by atoms with Crippen molar-refractivity contribution in [3.63, 3.8) is 0 Å². The molecule has 0 aliphatic carbocycles. The number of hydrogen-bond acceptors (Lipinski definition) is 7. The summed E-state index contributed by atoms with van der Waals surface area (Å²) in [4.78, 5) is 14.9. The van der Waals surface area contributed by atoms with Crippen molar-refractivity contribution in [2.75, 3.05) is 20.3 Å². The minimum absolute atomic E-state index is 0.00967. The molecule has 9 nitrogen and oxygen atoms in total. The van der Waals surface area contributed by atoms with Crippen LogP contribution in [0.25, 0.3) is 5.69 Å². The fraction of sp³-hybridized carbons (Fsp3) is 0.600. The molecule has 0 aliphatic rings. The Bertz CT molecular complexity index is 942. The summed E-state index contributed by atoms with van der Waals surface area (Å²) in [6.07, 6.45) is 0.997. The van der Waals surface area contributed by atoms with Gasteiger partial charge in [0.05, 0.1) is 24.8 Å². The van der Waals surface area contributed by atoms with E-state index in [-0.39, 0.29) is 46.4 Å². The minimum Gasteiger partial charge on any atom is -0.479 e. The van der Waals surface area contributed by atoms with Gasteiger partial charge in [-0.15, -0.1) is 5.10 Å². The number of nitro groups is 1. The summed E-state index contributed by atoms with van der Waals surface area (Å²) >= 11 is 0. The van der Waals surface area contributed by atoms with E-state index < -0.39 is 19.1 Å². The van der Waals surface area contributed by atoms with E-state index in [0.717, 1.165) is 12.3 Å². The lowest BCUT2D eigenvalue weighted by Gasteiger charge is -2.36. The zero-order chi connectivity index (χ0) is 23.6. The molecule has 0 unspecified atom stereocenters. The number of pyridine rings is 1. The molecule has 2 aromatic heterocycles. The van der Waals surface area contributed by atoms with Gasteiger partial charge in [-0.05, 0) is 25.1 Å². The smallest absolute Gasteiger partial charge is 0.353 e. The Hall–Kier alpha value is -2.53. The highest BCUT2D eigenvalue weighted by Crippen LogP contribution is 2.37. The van der Waals surface area contributed by atoms with Crippen LogP contribution < -0.4 is 9.47 Å². The van der Waals surface area contributed by atoms with Crippen LogP contribution in [0.5, 0.6) is 11.8 Å².